The minimum atomic E-state index is -4.80. The van der Waals surface area contributed by atoms with Crippen molar-refractivity contribution < 1.29 is 32.6 Å². The van der Waals surface area contributed by atoms with E-state index in [0.717, 1.165) is 6.07 Å². The molecule has 2 atom stereocenters. The van der Waals surface area contributed by atoms with Gasteiger partial charge in [0.05, 0.1) is 11.5 Å². The van der Waals surface area contributed by atoms with Crippen LogP contribution in [0.25, 0.3) is 0 Å². The molecule has 4 nitrogen and oxygen atoms in total. The summed E-state index contributed by atoms with van der Waals surface area (Å²) in [6.45, 7) is 4.79. The summed E-state index contributed by atoms with van der Waals surface area (Å²) in [5.41, 5.74) is -4.10. The van der Waals surface area contributed by atoms with Crippen molar-refractivity contribution in [2.24, 2.45) is 5.92 Å². The van der Waals surface area contributed by atoms with Crippen molar-refractivity contribution in [3.63, 3.8) is 0 Å². The number of carbonyl (C=O) groups excluding carboxylic acids is 1. The van der Waals surface area contributed by atoms with Crippen LogP contribution in [0.4, 0.5) is 13.2 Å². The molecule has 1 aliphatic rings. The normalized spacial score (nSPS) is 23.7. The van der Waals surface area contributed by atoms with E-state index >= 15 is 0 Å². The molecule has 132 valence electrons. The maximum Gasteiger partial charge on any atom is 0.399 e. The Morgan fingerprint density at radius 1 is 1.29 bits per heavy atom. The molecule has 0 spiro atoms. The summed E-state index contributed by atoms with van der Waals surface area (Å²) in [7, 11) is 0. The summed E-state index contributed by atoms with van der Waals surface area (Å²) in [4.78, 5) is 23.5. The van der Waals surface area contributed by atoms with E-state index in [0.29, 0.717) is 4.47 Å². The molecule has 0 bridgehead atoms. The van der Waals surface area contributed by atoms with Crippen molar-refractivity contribution in [2.45, 2.75) is 44.4 Å². The molecule has 1 aliphatic carbocycles. The van der Waals surface area contributed by atoms with Crippen molar-refractivity contribution in [3.8, 4) is 0 Å². The van der Waals surface area contributed by atoms with Crippen LogP contribution in [0.1, 0.15) is 43.1 Å². The van der Waals surface area contributed by atoms with E-state index in [1.807, 2.05) is 0 Å². The van der Waals surface area contributed by atoms with Crippen LogP contribution < -0.4 is 0 Å². The molecule has 24 heavy (non-hydrogen) atoms. The molecule has 0 saturated heterocycles. The molecule has 1 fully saturated rings. The lowest BCUT2D eigenvalue weighted by atomic mass is 9.88. The predicted molar refractivity (Wildman–Crippen MR) is 82.8 cm³/mol. The first-order valence-corrected chi connectivity index (χ1v) is 7.92. The van der Waals surface area contributed by atoms with Crippen LogP contribution >= 0.6 is 15.9 Å². The van der Waals surface area contributed by atoms with Gasteiger partial charge in [-0.3, -0.25) is 4.79 Å². The Morgan fingerprint density at radius 2 is 1.88 bits per heavy atom. The van der Waals surface area contributed by atoms with Crippen molar-refractivity contribution in [1.29, 1.82) is 0 Å². The third kappa shape index (κ3) is 3.29. The van der Waals surface area contributed by atoms with Crippen LogP contribution in [0.2, 0.25) is 0 Å². The van der Waals surface area contributed by atoms with E-state index in [4.69, 9.17) is 9.84 Å². The highest BCUT2D eigenvalue weighted by molar-refractivity contribution is 9.10. The van der Waals surface area contributed by atoms with Gasteiger partial charge in [0.1, 0.15) is 11.0 Å². The first-order valence-electron chi connectivity index (χ1n) is 7.12. The van der Waals surface area contributed by atoms with Gasteiger partial charge in [-0.2, -0.15) is 13.2 Å². The fourth-order valence-corrected chi connectivity index (χ4v) is 3.08. The van der Waals surface area contributed by atoms with E-state index in [1.54, 1.807) is 20.8 Å². The van der Waals surface area contributed by atoms with Gasteiger partial charge in [-0.15, -0.1) is 0 Å². The molecule has 0 aliphatic heterocycles. The van der Waals surface area contributed by atoms with Crippen molar-refractivity contribution in [1.82, 2.24) is 0 Å². The van der Waals surface area contributed by atoms with Crippen LogP contribution in [0.5, 0.6) is 0 Å². The highest BCUT2D eigenvalue weighted by Crippen LogP contribution is 2.64. The Bertz CT molecular complexity index is 694. The first-order chi connectivity index (χ1) is 10.8. The zero-order chi connectivity index (χ0) is 18.5. The average molecular weight is 409 g/mol. The van der Waals surface area contributed by atoms with Gasteiger partial charge in [0.25, 0.3) is 0 Å². The van der Waals surface area contributed by atoms with Crippen molar-refractivity contribution >= 4 is 27.9 Å². The number of carbonyl (C=O) groups is 2. The highest BCUT2D eigenvalue weighted by Gasteiger charge is 2.75. The molecule has 1 saturated carbocycles. The predicted octanol–water partition coefficient (Wildman–Crippen LogP) is 4.31. The molecule has 0 radical (unpaired) electrons. The highest BCUT2D eigenvalue weighted by atomic mass is 79.9. The largest absolute Gasteiger partial charge is 0.481 e. The summed E-state index contributed by atoms with van der Waals surface area (Å²) >= 11 is 3.08. The van der Waals surface area contributed by atoms with Gasteiger partial charge < -0.3 is 9.84 Å². The van der Waals surface area contributed by atoms with E-state index in [1.165, 1.54) is 12.1 Å². The Morgan fingerprint density at radius 3 is 2.29 bits per heavy atom. The zero-order valence-corrected chi connectivity index (χ0v) is 14.8. The SMILES string of the molecule is CC(C)(C)OC(=O)c1ccc(Br)cc1[C@]1(C(F)(F)F)C[C@@H]1C(=O)O. The van der Waals surface area contributed by atoms with Crippen LogP contribution in [-0.4, -0.2) is 28.8 Å². The number of hydrogen-bond donors (Lipinski definition) is 1. The quantitative estimate of drug-likeness (QED) is 0.756. The van der Waals surface area contributed by atoms with Crippen molar-refractivity contribution in [2.75, 3.05) is 0 Å². The van der Waals surface area contributed by atoms with Gasteiger partial charge in [0, 0.05) is 4.47 Å². The molecule has 1 aromatic carbocycles. The smallest absolute Gasteiger partial charge is 0.399 e. The van der Waals surface area contributed by atoms with Gasteiger partial charge >= 0.3 is 18.1 Å². The zero-order valence-electron chi connectivity index (χ0n) is 13.2. The molecule has 0 amide bonds. The Labute approximate surface area is 145 Å². The lowest BCUT2D eigenvalue weighted by molar-refractivity contribution is -0.171. The van der Waals surface area contributed by atoms with E-state index in [9.17, 15) is 22.8 Å². The summed E-state index contributed by atoms with van der Waals surface area (Å²) in [5.74, 6) is -4.07. The molecule has 0 aromatic heterocycles. The third-order valence-corrected chi connectivity index (χ3v) is 4.34. The second kappa shape index (κ2) is 5.75. The number of carboxylic acid groups (broad SMARTS) is 1. The number of alkyl halides is 3. The maximum atomic E-state index is 13.7. The minimum absolute atomic E-state index is 0.269. The van der Waals surface area contributed by atoms with Crippen LogP contribution in [0.3, 0.4) is 0 Å². The van der Waals surface area contributed by atoms with E-state index < -0.39 is 41.5 Å². The van der Waals surface area contributed by atoms with Gasteiger partial charge in [-0.05, 0) is 51.0 Å². The van der Waals surface area contributed by atoms with E-state index in [2.05, 4.69) is 15.9 Å². The topological polar surface area (TPSA) is 63.6 Å². The summed E-state index contributed by atoms with van der Waals surface area (Å²) in [6.07, 6.45) is -5.40. The molecule has 1 N–H and O–H groups in total. The summed E-state index contributed by atoms with van der Waals surface area (Å²) in [5, 5.41) is 9.07. The van der Waals surface area contributed by atoms with Crippen LogP contribution in [-0.2, 0) is 14.9 Å². The fraction of sp³-hybridized carbons (Fsp3) is 0.500. The lowest BCUT2D eigenvalue weighted by Gasteiger charge is -2.25. The number of halogens is 4. The summed E-state index contributed by atoms with van der Waals surface area (Å²) in [6, 6.07) is 3.79. The number of esters is 1. The maximum absolute atomic E-state index is 13.7. The van der Waals surface area contributed by atoms with Gasteiger partial charge in [0.15, 0.2) is 0 Å². The van der Waals surface area contributed by atoms with Crippen molar-refractivity contribution in [3.05, 3.63) is 33.8 Å². The van der Waals surface area contributed by atoms with Gasteiger partial charge in [-0.25, -0.2) is 4.79 Å². The minimum Gasteiger partial charge on any atom is -0.481 e. The average Bonchev–Trinajstić information content (AvgIpc) is 3.12. The number of aliphatic carboxylic acids is 1. The fourth-order valence-electron chi connectivity index (χ4n) is 2.72. The molecule has 8 heteroatoms. The molecule has 0 heterocycles. The number of ether oxygens (including phenoxy) is 1. The molecule has 1 aromatic rings. The van der Waals surface area contributed by atoms with Gasteiger partial charge in [-0.1, -0.05) is 15.9 Å². The van der Waals surface area contributed by atoms with Crippen LogP contribution in [0.15, 0.2) is 22.7 Å². The number of rotatable bonds is 3. The Balaban J connectivity index is 2.59. The van der Waals surface area contributed by atoms with E-state index in [-0.39, 0.29) is 11.1 Å². The Hall–Kier alpha value is -1.57. The summed E-state index contributed by atoms with van der Waals surface area (Å²) < 4.78 is 46.5. The second-order valence-electron chi connectivity index (χ2n) is 6.76. The molecular formula is C16H16BrF3O4. The molecule has 0 unspecified atom stereocenters. The third-order valence-electron chi connectivity index (χ3n) is 3.85. The van der Waals surface area contributed by atoms with Crippen LogP contribution in [0, 0.1) is 5.92 Å². The number of benzene rings is 1. The molecule has 2 rings (SSSR count). The second-order valence-corrected chi connectivity index (χ2v) is 7.67. The number of hydrogen-bond acceptors (Lipinski definition) is 3. The lowest BCUT2D eigenvalue weighted by Crippen LogP contribution is -2.35. The van der Waals surface area contributed by atoms with Gasteiger partial charge in [0.2, 0.25) is 0 Å². The number of carboxylic acids is 1. The Kier molecular flexibility index (Phi) is 4.50. The molecular weight excluding hydrogens is 393 g/mol. The monoisotopic (exact) mass is 408 g/mol. The standard InChI is InChI=1S/C16H16BrF3O4/c1-14(2,3)24-13(23)9-5-4-8(17)6-10(9)15(16(18,19)20)7-11(15)12(21)22/h4-6,11H,7H2,1-3H3,(H,21,22)/t11-,15-/m1/s1. The first kappa shape index (κ1) is 18.8.